The summed E-state index contributed by atoms with van der Waals surface area (Å²) in [6.07, 6.45) is 6.87. The molecule has 5 rings (SSSR count). The van der Waals surface area contributed by atoms with E-state index in [1.165, 1.54) is 30.4 Å². The molecule has 0 bridgehead atoms. The van der Waals surface area contributed by atoms with Gasteiger partial charge in [0.05, 0.1) is 25.7 Å². The summed E-state index contributed by atoms with van der Waals surface area (Å²) in [5.74, 6) is 2.89. The largest absolute Gasteiger partial charge is 0.493 e. The molecule has 2 fully saturated rings. The number of benzene rings is 1. The summed E-state index contributed by atoms with van der Waals surface area (Å²) < 4.78 is 18.8. The summed E-state index contributed by atoms with van der Waals surface area (Å²) in [4.78, 5) is 0. The Bertz CT molecular complexity index is 865. The normalized spacial score (nSPS) is 35.8. The molecule has 1 aliphatic heterocycles. The van der Waals surface area contributed by atoms with Gasteiger partial charge in [-0.1, -0.05) is 24.6 Å². The average Bonchev–Trinajstić information content (AvgIpc) is 3.11. The molecule has 2 N–H and O–H groups in total. The van der Waals surface area contributed by atoms with Gasteiger partial charge in [0, 0.05) is 11.6 Å². The van der Waals surface area contributed by atoms with E-state index in [1.54, 1.807) is 7.11 Å². The van der Waals surface area contributed by atoms with Gasteiger partial charge in [-0.15, -0.1) is 0 Å². The summed E-state index contributed by atoms with van der Waals surface area (Å²) in [6.45, 7) is 10.3. The molecule has 5 heteroatoms. The van der Waals surface area contributed by atoms with Gasteiger partial charge in [-0.2, -0.15) is 0 Å². The highest BCUT2D eigenvalue weighted by molar-refractivity contribution is 5.64. The molecular weight excluding hydrogens is 390 g/mol. The third kappa shape index (κ3) is 3.00. The second-order valence-electron chi connectivity index (χ2n) is 10.3. The van der Waals surface area contributed by atoms with Crippen LogP contribution in [-0.2, 0) is 16.6 Å². The minimum absolute atomic E-state index is 0.0128. The second kappa shape index (κ2) is 7.79. The smallest absolute Gasteiger partial charge is 0.166 e. The molecule has 2 saturated carbocycles. The number of methoxy groups -OCH3 is 1. The number of hydrogen-bond donors (Lipinski definition) is 2. The van der Waals surface area contributed by atoms with Crippen molar-refractivity contribution in [3.8, 4) is 11.5 Å². The molecule has 5 atom stereocenters. The number of ether oxygens (including phenoxy) is 3. The molecule has 3 aliphatic carbocycles. The Balaban J connectivity index is 1.62. The van der Waals surface area contributed by atoms with Gasteiger partial charge >= 0.3 is 0 Å². The lowest BCUT2D eigenvalue weighted by Gasteiger charge is -2.57. The van der Waals surface area contributed by atoms with Crippen molar-refractivity contribution in [2.75, 3.05) is 26.9 Å². The number of rotatable bonds is 8. The van der Waals surface area contributed by atoms with Crippen LogP contribution in [0.3, 0.4) is 0 Å². The van der Waals surface area contributed by atoms with Crippen molar-refractivity contribution in [1.29, 1.82) is 0 Å². The second-order valence-corrected chi connectivity index (χ2v) is 10.3. The standard InChI is InChI=1S/C26H37NO4/c1-16(2)26-19-10-11-25(3,30-13-12-28)24(26)31-23-21(29-4)9-8-18(22(23)26)14-20(19)27-15-17-6-5-7-17/h8-9,17,19-20,24,27-28H,1,5-7,10-15H2,2-4H3. The Morgan fingerprint density at radius 2 is 2.13 bits per heavy atom. The fourth-order valence-electron chi connectivity index (χ4n) is 6.94. The molecule has 0 radical (unpaired) electrons. The first kappa shape index (κ1) is 21.3. The molecule has 0 spiro atoms. The van der Waals surface area contributed by atoms with Crippen LogP contribution in [0.25, 0.3) is 0 Å². The van der Waals surface area contributed by atoms with Crippen LogP contribution in [0, 0.1) is 11.8 Å². The number of aliphatic hydroxyl groups is 1. The molecule has 1 aromatic rings. The zero-order valence-corrected chi connectivity index (χ0v) is 19.2. The lowest BCUT2D eigenvalue weighted by atomic mass is 9.50. The zero-order valence-electron chi connectivity index (χ0n) is 19.2. The van der Waals surface area contributed by atoms with Crippen LogP contribution in [0.15, 0.2) is 24.3 Å². The molecule has 5 unspecified atom stereocenters. The molecule has 1 heterocycles. The summed E-state index contributed by atoms with van der Waals surface area (Å²) >= 11 is 0. The fraction of sp³-hybridized carbons (Fsp3) is 0.692. The Labute approximate surface area is 186 Å². The van der Waals surface area contributed by atoms with E-state index in [0.717, 1.165) is 48.8 Å². The third-order valence-electron chi connectivity index (χ3n) is 8.63. The Kier molecular flexibility index (Phi) is 5.35. The summed E-state index contributed by atoms with van der Waals surface area (Å²) in [6, 6.07) is 4.67. The van der Waals surface area contributed by atoms with E-state index < -0.39 is 5.60 Å². The molecule has 0 aromatic heterocycles. The lowest BCUT2D eigenvalue weighted by molar-refractivity contribution is -0.157. The molecular formula is C26H37NO4. The Morgan fingerprint density at radius 1 is 1.32 bits per heavy atom. The van der Waals surface area contributed by atoms with Crippen molar-refractivity contribution in [3.05, 3.63) is 35.4 Å². The molecule has 0 amide bonds. The van der Waals surface area contributed by atoms with Crippen LogP contribution in [0.2, 0.25) is 0 Å². The molecule has 31 heavy (non-hydrogen) atoms. The SMILES string of the molecule is C=C(C)C12c3c4ccc(OC)c3OC1C(C)(OCCO)CCC2C(NCC1CCC1)C4. The third-order valence-corrected chi connectivity index (χ3v) is 8.63. The molecule has 170 valence electrons. The maximum Gasteiger partial charge on any atom is 0.166 e. The average molecular weight is 428 g/mol. The van der Waals surface area contributed by atoms with Gasteiger partial charge in [0.2, 0.25) is 0 Å². The van der Waals surface area contributed by atoms with E-state index in [4.69, 9.17) is 14.2 Å². The Morgan fingerprint density at radius 3 is 2.77 bits per heavy atom. The zero-order chi connectivity index (χ0) is 21.8. The molecule has 0 saturated heterocycles. The minimum Gasteiger partial charge on any atom is -0.493 e. The topological polar surface area (TPSA) is 60.0 Å². The maximum absolute atomic E-state index is 9.47. The highest BCUT2D eigenvalue weighted by atomic mass is 16.6. The highest BCUT2D eigenvalue weighted by Crippen LogP contribution is 2.65. The van der Waals surface area contributed by atoms with Gasteiger partial charge in [-0.05, 0) is 76.0 Å². The van der Waals surface area contributed by atoms with Crippen LogP contribution in [0.5, 0.6) is 11.5 Å². The minimum atomic E-state index is -0.491. The quantitative estimate of drug-likeness (QED) is 0.619. The van der Waals surface area contributed by atoms with E-state index in [1.807, 2.05) is 6.07 Å². The first-order valence-corrected chi connectivity index (χ1v) is 12.0. The van der Waals surface area contributed by atoms with Crippen LogP contribution < -0.4 is 14.8 Å². The summed E-state index contributed by atoms with van der Waals surface area (Å²) in [7, 11) is 1.71. The van der Waals surface area contributed by atoms with E-state index in [9.17, 15) is 5.11 Å². The van der Waals surface area contributed by atoms with Crippen LogP contribution in [-0.4, -0.2) is 49.7 Å². The molecule has 5 nitrogen and oxygen atoms in total. The monoisotopic (exact) mass is 427 g/mol. The first-order chi connectivity index (χ1) is 15.0. The number of aliphatic hydroxyl groups excluding tert-OH is 1. The molecule has 1 aromatic carbocycles. The first-order valence-electron chi connectivity index (χ1n) is 12.0. The predicted molar refractivity (Wildman–Crippen MR) is 121 cm³/mol. The summed E-state index contributed by atoms with van der Waals surface area (Å²) in [5.41, 5.74) is 2.96. The molecule has 4 aliphatic rings. The summed E-state index contributed by atoms with van der Waals surface area (Å²) in [5, 5.41) is 13.4. The van der Waals surface area contributed by atoms with E-state index in [-0.39, 0.29) is 18.1 Å². The van der Waals surface area contributed by atoms with Gasteiger partial charge < -0.3 is 24.6 Å². The van der Waals surface area contributed by atoms with Crippen LogP contribution in [0.1, 0.15) is 57.1 Å². The van der Waals surface area contributed by atoms with E-state index in [0.29, 0.717) is 18.6 Å². The van der Waals surface area contributed by atoms with E-state index >= 15 is 0 Å². The van der Waals surface area contributed by atoms with Crippen molar-refractivity contribution in [2.45, 2.75) is 75.5 Å². The number of nitrogens with one attached hydrogen (secondary N) is 1. The number of hydrogen-bond acceptors (Lipinski definition) is 5. The van der Waals surface area contributed by atoms with Gasteiger partial charge in [0.25, 0.3) is 0 Å². The van der Waals surface area contributed by atoms with Crippen LogP contribution >= 0.6 is 0 Å². The van der Waals surface area contributed by atoms with Gasteiger partial charge in [0.1, 0.15) is 11.7 Å². The van der Waals surface area contributed by atoms with Crippen molar-refractivity contribution in [1.82, 2.24) is 5.32 Å². The van der Waals surface area contributed by atoms with Crippen molar-refractivity contribution >= 4 is 0 Å². The van der Waals surface area contributed by atoms with Crippen molar-refractivity contribution in [3.63, 3.8) is 0 Å². The predicted octanol–water partition coefficient (Wildman–Crippen LogP) is 3.76. The highest BCUT2D eigenvalue weighted by Gasteiger charge is 2.67. The Hall–Kier alpha value is -1.56. The van der Waals surface area contributed by atoms with Gasteiger partial charge in [-0.25, -0.2) is 0 Å². The van der Waals surface area contributed by atoms with Crippen LogP contribution in [0.4, 0.5) is 0 Å². The van der Waals surface area contributed by atoms with Crippen molar-refractivity contribution in [2.24, 2.45) is 11.8 Å². The fourth-order valence-corrected chi connectivity index (χ4v) is 6.94. The van der Waals surface area contributed by atoms with Gasteiger partial charge in [0.15, 0.2) is 11.5 Å². The van der Waals surface area contributed by atoms with Gasteiger partial charge in [-0.3, -0.25) is 0 Å². The maximum atomic E-state index is 9.47. The lowest BCUT2D eigenvalue weighted by Crippen LogP contribution is -2.67. The van der Waals surface area contributed by atoms with E-state index in [2.05, 4.69) is 31.8 Å². The van der Waals surface area contributed by atoms with Crippen molar-refractivity contribution < 1.29 is 19.3 Å².